The molecule has 0 unspecified atom stereocenters. The van der Waals surface area contributed by atoms with Crippen LogP contribution in [-0.2, 0) is 0 Å². The fraction of sp³-hybridized carbons (Fsp3) is 0. The third-order valence-electron chi connectivity index (χ3n) is 3.58. The number of aromatic nitrogens is 1. The van der Waals surface area contributed by atoms with Crippen LogP contribution in [0.2, 0.25) is 0 Å². The zero-order chi connectivity index (χ0) is 18.8. The molecule has 0 saturated carbocycles. The molecule has 0 spiro atoms. The molecule has 1 aromatic heterocycles. The van der Waals surface area contributed by atoms with E-state index in [9.17, 15) is 30.3 Å². The number of non-ortho nitro benzene ring substituents is 1. The van der Waals surface area contributed by atoms with Crippen LogP contribution in [0.15, 0.2) is 48.7 Å². The third kappa shape index (κ3) is 2.96. The van der Waals surface area contributed by atoms with Gasteiger partial charge in [-0.25, -0.2) is 0 Å². The number of nitro benzene ring substituents is 3. The first-order valence-electron chi connectivity index (χ1n) is 7.10. The lowest BCUT2D eigenvalue weighted by Gasteiger charge is -2.10. The number of pyridine rings is 1. The number of hydrogen-bond acceptors (Lipinski definition) is 8. The smallest absolute Gasteiger partial charge is 0.306 e. The van der Waals surface area contributed by atoms with Crippen LogP contribution in [0.5, 0.6) is 0 Å². The van der Waals surface area contributed by atoms with Crippen molar-refractivity contribution in [2.45, 2.75) is 0 Å². The first-order valence-corrected chi connectivity index (χ1v) is 7.10. The summed E-state index contributed by atoms with van der Waals surface area (Å²) in [6.45, 7) is 0. The van der Waals surface area contributed by atoms with Gasteiger partial charge in [0, 0.05) is 11.6 Å². The monoisotopic (exact) mass is 355 g/mol. The summed E-state index contributed by atoms with van der Waals surface area (Å²) in [5.74, 6) is 0. The van der Waals surface area contributed by atoms with Gasteiger partial charge in [-0.05, 0) is 12.1 Å². The highest BCUT2D eigenvalue weighted by Crippen LogP contribution is 2.40. The standard InChI is InChI=1S/C15H9N5O6/c21-18(22)10-7-12(19(23)24)15(13(8-10)20(25)26)17-11-5-1-3-9-4-2-6-16-14(9)11/h1-8,17H. The van der Waals surface area contributed by atoms with Gasteiger partial charge in [-0.15, -0.1) is 0 Å². The number of nitrogens with one attached hydrogen (secondary N) is 1. The van der Waals surface area contributed by atoms with Gasteiger partial charge in [0.05, 0.1) is 38.1 Å². The van der Waals surface area contributed by atoms with E-state index in [1.54, 1.807) is 30.3 Å². The second-order valence-electron chi connectivity index (χ2n) is 5.14. The van der Waals surface area contributed by atoms with Gasteiger partial charge in [-0.3, -0.25) is 35.3 Å². The number of benzene rings is 2. The fourth-order valence-corrected chi connectivity index (χ4v) is 2.46. The predicted octanol–water partition coefficient (Wildman–Crippen LogP) is 3.70. The van der Waals surface area contributed by atoms with Crippen molar-refractivity contribution in [2.24, 2.45) is 0 Å². The van der Waals surface area contributed by atoms with Gasteiger partial charge in [0.25, 0.3) is 5.69 Å². The van der Waals surface area contributed by atoms with Gasteiger partial charge in [0.1, 0.15) is 0 Å². The largest absolute Gasteiger partial charge is 0.342 e. The van der Waals surface area contributed by atoms with E-state index in [2.05, 4.69) is 10.3 Å². The van der Waals surface area contributed by atoms with Crippen LogP contribution < -0.4 is 5.32 Å². The minimum atomic E-state index is -0.927. The minimum Gasteiger partial charge on any atom is -0.342 e. The summed E-state index contributed by atoms with van der Waals surface area (Å²) in [7, 11) is 0. The number of hydrogen-bond donors (Lipinski definition) is 1. The van der Waals surface area contributed by atoms with Crippen molar-refractivity contribution < 1.29 is 14.8 Å². The molecule has 11 heteroatoms. The molecule has 1 N–H and O–H groups in total. The van der Waals surface area contributed by atoms with E-state index in [1.807, 2.05) is 0 Å². The van der Waals surface area contributed by atoms with E-state index >= 15 is 0 Å². The fourth-order valence-electron chi connectivity index (χ4n) is 2.46. The normalized spacial score (nSPS) is 10.5. The lowest BCUT2D eigenvalue weighted by molar-refractivity contribution is -0.401. The van der Waals surface area contributed by atoms with Gasteiger partial charge in [-0.1, -0.05) is 18.2 Å². The van der Waals surface area contributed by atoms with Crippen LogP contribution in [0.4, 0.5) is 28.4 Å². The number of anilines is 2. The van der Waals surface area contributed by atoms with Crippen molar-refractivity contribution in [3.05, 3.63) is 79.0 Å². The Bertz CT molecular complexity index is 1030. The maximum absolute atomic E-state index is 11.3. The second kappa shape index (κ2) is 6.39. The Morgan fingerprint density at radius 2 is 1.46 bits per heavy atom. The molecule has 26 heavy (non-hydrogen) atoms. The molecule has 3 rings (SSSR count). The number of fused-ring (bicyclic) bond motifs is 1. The average Bonchev–Trinajstić information content (AvgIpc) is 2.61. The van der Waals surface area contributed by atoms with Crippen molar-refractivity contribution >= 4 is 39.3 Å². The Hall–Kier alpha value is -4.15. The van der Waals surface area contributed by atoms with Crippen LogP contribution >= 0.6 is 0 Å². The molecule has 3 aromatic rings. The van der Waals surface area contributed by atoms with Gasteiger partial charge in [0.2, 0.25) is 0 Å². The molecule has 2 aromatic carbocycles. The maximum atomic E-state index is 11.3. The first kappa shape index (κ1) is 16.7. The Labute approximate surface area is 144 Å². The van der Waals surface area contributed by atoms with E-state index in [0.717, 1.165) is 0 Å². The molecule has 130 valence electrons. The zero-order valence-corrected chi connectivity index (χ0v) is 12.9. The van der Waals surface area contributed by atoms with E-state index in [4.69, 9.17) is 0 Å². The number of nitro groups is 3. The molecule has 0 fully saturated rings. The van der Waals surface area contributed by atoms with Gasteiger partial charge in [-0.2, -0.15) is 0 Å². The quantitative estimate of drug-likeness (QED) is 0.536. The molecule has 0 radical (unpaired) electrons. The number of nitrogens with zero attached hydrogens (tertiary/aromatic N) is 4. The Balaban J connectivity index is 2.24. The van der Waals surface area contributed by atoms with Crippen LogP contribution in [0.25, 0.3) is 10.9 Å². The van der Waals surface area contributed by atoms with Crippen molar-refractivity contribution in [1.82, 2.24) is 4.98 Å². The summed E-state index contributed by atoms with van der Waals surface area (Å²) < 4.78 is 0. The molecule has 11 nitrogen and oxygen atoms in total. The summed E-state index contributed by atoms with van der Waals surface area (Å²) in [5, 5.41) is 36.9. The molecule has 0 amide bonds. The molecule has 0 bridgehead atoms. The maximum Gasteiger partial charge on any atom is 0.306 e. The van der Waals surface area contributed by atoms with E-state index < -0.39 is 37.5 Å². The molecule has 1 heterocycles. The van der Waals surface area contributed by atoms with E-state index in [-0.39, 0.29) is 0 Å². The second-order valence-corrected chi connectivity index (χ2v) is 5.14. The topological polar surface area (TPSA) is 154 Å². The van der Waals surface area contributed by atoms with Gasteiger partial charge < -0.3 is 5.32 Å². The SMILES string of the molecule is O=[N+]([O-])c1cc([N+](=O)[O-])c(Nc2cccc3cccnc23)c([N+](=O)[O-])c1. The number of para-hydroxylation sites is 1. The first-order chi connectivity index (χ1) is 12.4. The highest BCUT2D eigenvalue weighted by Gasteiger charge is 2.31. The lowest BCUT2D eigenvalue weighted by Crippen LogP contribution is -2.04. The van der Waals surface area contributed by atoms with Crippen molar-refractivity contribution in [2.75, 3.05) is 5.32 Å². The Kier molecular flexibility index (Phi) is 4.11. The molecule has 0 aliphatic rings. The minimum absolute atomic E-state index is 0.295. The summed E-state index contributed by atoms with van der Waals surface area (Å²) >= 11 is 0. The zero-order valence-electron chi connectivity index (χ0n) is 12.9. The van der Waals surface area contributed by atoms with Crippen molar-refractivity contribution in [1.29, 1.82) is 0 Å². The Morgan fingerprint density at radius 3 is 2.04 bits per heavy atom. The molecular formula is C15H9N5O6. The average molecular weight is 355 g/mol. The lowest BCUT2D eigenvalue weighted by atomic mass is 10.1. The van der Waals surface area contributed by atoms with Crippen LogP contribution in [-0.4, -0.2) is 19.8 Å². The van der Waals surface area contributed by atoms with Crippen LogP contribution in [0, 0.1) is 30.3 Å². The third-order valence-corrected chi connectivity index (χ3v) is 3.58. The predicted molar refractivity (Wildman–Crippen MR) is 91.4 cm³/mol. The highest BCUT2D eigenvalue weighted by molar-refractivity contribution is 5.94. The van der Waals surface area contributed by atoms with Gasteiger partial charge in [0.15, 0.2) is 5.69 Å². The number of rotatable bonds is 5. The summed E-state index contributed by atoms with van der Waals surface area (Å²) in [4.78, 5) is 35.0. The molecule has 0 aliphatic carbocycles. The molecule has 0 atom stereocenters. The Morgan fingerprint density at radius 1 is 0.846 bits per heavy atom. The summed E-state index contributed by atoms with van der Waals surface area (Å²) in [6, 6.07) is 9.75. The summed E-state index contributed by atoms with van der Waals surface area (Å²) in [5.41, 5.74) is -2.02. The van der Waals surface area contributed by atoms with Gasteiger partial charge >= 0.3 is 11.4 Å². The van der Waals surface area contributed by atoms with Crippen molar-refractivity contribution in [3.63, 3.8) is 0 Å². The van der Waals surface area contributed by atoms with Crippen LogP contribution in [0.3, 0.4) is 0 Å². The van der Waals surface area contributed by atoms with Crippen LogP contribution in [0.1, 0.15) is 0 Å². The highest BCUT2D eigenvalue weighted by atomic mass is 16.6. The van der Waals surface area contributed by atoms with E-state index in [1.165, 1.54) is 6.20 Å². The molecule has 0 saturated heterocycles. The van der Waals surface area contributed by atoms with Crippen molar-refractivity contribution in [3.8, 4) is 0 Å². The van der Waals surface area contributed by atoms with E-state index in [0.29, 0.717) is 28.7 Å². The molecule has 0 aliphatic heterocycles. The summed E-state index contributed by atoms with van der Waals surface area (Å²) in [6.07, 6.45) is 1.51. The molecular weight excluding hydrogens is 346 g/mol.